The highest BCUT2D eigenvalue weighted by Gasteiger charge is 2.13. The summed E-state index contributed by atoms with van der Waals surface area (Å²) in [7, 11) is 0. The molecule has 2 rings (SSSR count). The van der Waals surface area contributed by atoms with E-state index in [2.05, 4.69) is 5.10 Å². The minimum Gasteiger partial charge on any atom is -0.389 e. The first-order valence-electron chi connectivity index (χ1n) is 5.61. The van der Waals surface area contributed by atoms with E-state index in [0.29, 0.717) is 16.8 Å². The fraction of sp³-hybridized carbons (Fsp3) is 0.154. The summed E-state index contributed by atoms with van der Waals surface area (Å²) in [5.74, 6) is -0.631. The number of nitrogens with zero attached hydrogens (tertiary/aromatic N) is 3. The van der Waals surface area contributed by atoms with Gasteiger partial charge in [-0.05, 0) is 25.1 Å². The maximum absolute atomic E-state index is 11.0. The van der Waals surface area contributed by atoms with Gasteiger partial charge in [0, 0.05) is 11.8 Å². The van der Waals surface area contributed by atoms with Gasteiger partial charge in [-0.25, -0.2) is 4.68 Å². The van der Waals surface area contributed by atoms with Crippen LogP contribution >= 0.6 is 0 Å². The highest BCUT2D eigenvalue weighted by Crippen LogP contribution is 2.22. The van der Waals surface area contributed by atoms with Crippen LogP contribution in [0.4, 0.5) is 0 Å². The summed E-state index contributed by atoms with van der Waals surface area (Å²) >= 11 is 0. The van der Waals surface area contributed by atoms with E-state index in [9.17, 15) is 9.90 Å². The van der Waals surface area contributed by atoms with Gasteiger partial charge in [-0.1, -0.05) is 6.07 Å². The fourth-order valence-electron chi connectivity index (χ4n) is 1.75. The minimum absolute atomic E-state index is 0.124. The van der Waals surface area contributed by atoms with Crippen LogP contribution in [0.1, 0.15) is 34.6 Å². The topological polar surface area (TPSA) is 105 Å². The third-order valence-electron chi connectivity index (χ3n) is 2.70. The molecule has 6 heteroatoms. The zero-order chi connectivity index (χ0) is 14.0. The molecule has 0 spiro atoms. The lowest BCUT2D eigenvalue weighted by Crippen LogP contribution is -2.12. The summed E-state index contributed by atoms with van der Waals surface area (Å²) in [6.07, 6.45) is 0.839. The van der Waals surface area contributed by atoms with E-state index < -0.39 is 12.0 Å². The van der Waals surface area contributed by atoms with Crippen LogP contribution in [-0.4, -0.2) is 20.8 Å². The molecule has 0 saturated heterocycles. The van der Waals surface area contributed by atoms with Crippen molar-refractivity contribution in [1.29, 1.82) is 5.26 Å². The lowest BCUT2D eigenvalue weighted by atomic mass is 10.1. The Morgan fingerprint density at radius 3 is 2.79 bits per heavy atom. The molecule has 3 N–H and O–H groups in total. The van der Waals surface area contributed by atoms with Crippen molar-refractivity contribution in [2.45, 2.75) is 13.0 Å². The Balaban J connectivity index is 2.58. The van der Waals surface area contributed by atoms with Crippen LogP contribution in [-0.2, 0) is 0 Å². The first kappa shape index (κ1) is 12.8. The van der Waals surface area contributed by atoms with Crippen LogP contribution < -0.4 is 5.73 Å². The van der Waals surface area contributed by atoms with E-state index in [0.717, 1.165) is 0 Å². The second-order valence-electron chi connectivity index (χ2n) is 4.07. The van der Waals surface area contributed by atoms with Crippen LogP contribution in [0.2, 0.25) is 0 Å². The SMILES string of the molecule is C[C@@H](O)c1ccc(C#N)cc1-n1ccc(C(N)=O)n1. The second kappa shape index (κ2) is 4.92. The monoisotopic (exact) mass is 256 g/mol. The first-order valence-corrected chi connectivity index (χ1v) is 5.61. The Kier molecular flexibility index (Phi) is 3.31. The molecule has 2 aromatic rings. The van der Waals surface area contributed by atoms with Crippen molar-refractivity contribution < 1.29 is 9.90 Å². The molecule has 19 heavy (non-hydrogen) atoms. The molecule has 0 aliphatic rings. The van der Waals surface area contributed by atoms with Crippen molar-refractivity contribution in [2.75, 3.05) is 0 Å². The van der Waals surface area contributed by atoms with E-state index in [-0.39, 0.29) is 5.69 Å². The molecule has 96 valence electrons. The number of primary amides is 1. The van der Waals surface area contributed by atoms with E-state index in [1.165, 1.54) is 10.7 Å². The number of hydrogen-bond donors (Lipinski definition) is 2. The van der Waals surface area contributed by atoms with Gasteiger partial charge in [0.05, 0.1) is 23.4 Å². The Labute approximate surface area is 109 Å². The zero-order valence-electron chi connectivity index (χ0n) is 10.2. The normalized spacial score (nSPS) is 11.8. The molecule has 1 amide bonds. The van der Waals surface area contributed by atoms with Gasteiger partial charge in [0.2, 0.25) is 0 Å². The molecular weight excluding hydrogens is 244 g/mol. The van der Waals surface area contributed by atoms with E-state index in [1.54, 1.807) is 31.3 Å². The molecule has 0 aliphatic heterocycles. The van der Waals surface area contributed by atoms with E-state index in [1.807, 2.05) is 6.07 Å². The quantitative estimate of drug-likeness (QED) is 0.850. The van der Waals surface area contributed by atoms with Crippen molar-refractivity contribution >= 4 is 5.91 Å². The van der Waals surface area contributed by atoms with Crippen LogP contribution in [0.5, 0.6) is 0 Å². The lowest BCUT2D eigenvalue weighted by Gasteiger charge is -2.12. The van der Waals surface area contributed by atoms with E-state index in [4.69, 9.17) is 11.0 Å². The smallest absolute Gasteiger partial charge is 0.269 e. The number of aromatic nitrogens is 2. The molecule has 0 unspecified atom stereocenters. The van der Waals surface area contributed by atoms with E-state index >= 15 is 0 Å². The standard InChI is InChI=1S/C13H12N4O2/c1-8(18)10-3-2-9(7-14)6-12(10)17-5-4-11(16-17)13(15)19/h2-6,8,18H,1H3,(H2,15,19)/t8-/m1/s1. The Morgan fingerprint density at radius 1 is 1.53 bits per heavy atom. The summed E-state index contributed by atoms with van der Waals surface area (Å²) in [6.45, 7) is 1.61. The van der Waals surface area contributed by atoms with Crippen LogP contribution in [0.25, 0.3) is 5.69 Å². The molecular formula is C13H12N4O2. The number of nitrogens with two attached hydrogens (primary N) is 1. The third kappa shape index (κ3) is 2.46. The van der Waals surface area contributed by atoms with Crippen molar-refractivity contribution in [3.63, 3.8) is 0 Å². The maximum Gasteiger partial charge on any atom is 0.269 e. The van der Waals surface area contributed by atoms with Crippen molar-refractivity contribution in [3.8, 4) is 11.8 Å². The molecule has 0 fully saturated rings. The zero-order valence-corrected chi connectivity index (χ0v) is 10.2. The summed E-state index contributed by atoms with van der Waals surface area (Å²) in [5, 5.41) is 22.7. The first-order chi connectivity index (χ1) is 9.02. The van der Waals surface area contributed by atoms with Crippen molar-refractivity contribution in [2.24, 2.45) is 5.73 Å². The molecule has 0 saturated carbocycles. The largest absolute Gasteiger partial charge is 0.389 e. The van der Waals surface area contributed by atoms with Gasteiger partial charge in [-0.3, -0.25) is 4.79 Å². The van der Waals surface area contributed by atoms with Gasteiger partial charge >= 0.3 is 0 Å². The van der Waals surface area contributed by atoms with Gasteiger partial charge in [-0.2, -0.15) is 10.4 Å². The number of aliphatic hydroxyl groups excluding tert-OH is 1. The maximum atomic E-state index is 11.0. The van der Waals surface area contributed by atoms with Gasteiger partial charge in [0.15, 0.2) is 0 Å². The lowest BCUT2D eigenvalue weighted by molar-refractivity contribution is 0.0995. The second-order valence-corrected chi connectivity index (χ2v) is 4.07. The van der Waals surface area contributed by atoms with Crippen molar-refractivity contribution in [1.82, 2.24) is 9.78 Å². The highest BCUT2D eigenvalue weighted by atomic mass is 16.3. The van der Waals surface area contributed by atoms with Crippen LogP contribution in [0.15, 0.2) is 30.5 Å². The number of hydrogen-bond acceptors (Lipinski definition) is 4. The number of nitriles is 1. The number of carbonyl (C=O) groups excluding carboxylic acids is 1. The molecule has 6 nitrogen and oxygen atoms in total. The summed E-state index contributed by atoms with van der Waals surface area (Å²) in [5.41, 5.74) is 6.86. The predicted octanol–water partition coefficient (Wildman–Crippen LogP) is 0.896. The summed E-state index contributed by atoms with van der Waals surface area (Å²) in [6, 6.07) is 8.37. The molecule has 0 bridgehead atoms. The fourth-order valence-corrected chi connectivity index (χ4v) is 1.75. The Hall–Kier alpha value is -2.65. The molecule has 0 aliphatic carbocycles. The molecule has 0 radical (unpaired) electrons. The number of aliphatic hydroxyl groups is 1. The predicted molar refractivity (Wildman–Crippen MR) is 67.4 cm³/mol. The van der Waals surface area contributed by atoms with Gasteiger partial charge < -0.3 is 10.8 Å². The minimum atomic E-state index is -0.719. The van der Waals surface area contributed by atoms with Crippen LogP contribution in [0.3, 0.4) is 0 Å². The number of benzene rings is 1. The Morgan fingerprint density at radius 2 is 2.26 bits per heavy atom. The van der Waals surface area contributed by atoms with Gasteiger partial charge in [0.25, 0.3) is 5.91 Å². The molecule has 1 aromatic heterocycles. The highest BCUT2D eigenvalue weighted by molar-refractivity contribution is 5.90. The molecule has 1 atom stereocenters. The number of amides is 1. The number of carbonyl (C=O) groups is 1. The van der Waals surface area contributed by atoms with Crippen LogP contribution in [0, 0.1) is 11.3 Å². The van der Waals surface area contributed by atoms with Crippen molar-refractivity contribution in [3.05, 3.63) is 47.3 Å². The van der Waals surface area contributed by atoms with Gasteiger partial charge in [-0.15, -0.1) is 0 Å². The summed E-state index contributed by atoms with van der Waals surface area (Å²) in [4.78, 5) is 11.0. The van der Waals surface area contributed by atoms with Gasteiger partial charge in [0.1, 0.15) is 5.69 Å². The summed E-state index contributed by atoms with van der Waals surface area (Å²) < 4.78 is 1.42. The molecule has 1 aromatic carbocycles. The molecule has 1 heterocycles. The average molecular weight is 256 g/mol. The average Bonchev–Trinajstić information content (AvgIpc) is 2.87. The third-order valence-corrected chi connectivity index (χ3v) is 2.70. The number of rotatable bonds is 3. The Bertz CT molecular complexity index is 668.